The fourth-order valence-corrected chi connectivity index (χ4v) is 3.56. The summed E-state index contributed by atoms with van der Waals surface area (Å²) in [6.07, 6.45) is 1.36. The highest BCUT2D eigenvalue weighted by Gasteiger charge is 2.36. The monoisotopic (exact) mass is 261 g/mol. The van der Waals surface area contributed by atoms with Crippen LogP contribution in [0.15, 0.2) is 34.1 Å². The van der Waals surface area contributed by atoms with Crippen molar-refractivity contribution in [3.8, 4) is 0 Å². The third kappa shape index (κ3) is 2.11. The minimum Gasteiger partial charge on any atom is -0.225 e. The van der Waals surface area contributed by atoms with Crippen molar-refractivity contribution < 1.29 is 16.8 Å². The van der Waals surface area contributed by atoms with E-state index in [1.807, 2.05) is 0 Å². The number of sulfone groups is 1. The van der Waals surface area contributed by atoms with Crippen LogP contribution in [0.2, 0.25) is 0 Å². The number of sulfonamides is 1. The van der Waals surface area contributed by atoms with Gasteiger partial charge in [0.25, 0.3) is 0 Å². The average Bonchev–Trinajstić information content (AvgIpc) is 3.00. The van der Waals surface area contributed by atoms with Crippen molar-refractivity contribution in [1.82, 2.24) is 0 Å². The van der Waals surface area contributed by atoms with Crippen molar-refractivity contribution in [3.63, 3.8) is 0 Å². The van der Waals surface area contributed by atoms with Crippen LogP contribution in [-0.4, -0.2) is 22.1 Å². The topological polar surface area (TPSA) is 94.3 Å². The van der Waals surface area contributed by atoms with Crippen molar-refractivity contribution in [3.05, 3.63) is 24.3 Å². The molecule has 0 saturated heterocycles. The molecule has 1 aliphatic rings. The van der Waals surface area contributed by atoms with Crippen LogP contribution in [0.25, 0.3) is 0 Å². The Bertz CT molecular complexity index is 597. The molecule has 0 bridgehead atoms. The van der Waals surface area contributed by atoms with Crippen molar-refractivity contribution in [2.24, 2.45) is 5.14 Å². The molecule has 16 heavy (non-hydrogen) atoms. The number of primary sulfonamides is 1. The molecule has 0 unspecified atom stereocenters. The van der Waals surface area contributed by atoms with Gasteiger partial charge in [-0.1, -0.05) is 0 Å². The number of benzene rings is 1. The molecule has 0 amide bonds. The minimum atomic E-state index is -3.76. The van der Waals surface area contributed by atoms with Crippen LogP contribution in [0.1, 0.15) is 12.8 Å². The molecule has 2 N–H and O–H groups in total. The molecular formula is C9H11NO4S2. The lowest BCUT2D eigenvalue weighted by molar-refractivity contribution is 0.592. The van der Waals surface area contributed by atoms with Crippen LogP contribution in [0.5, 0.6) is 0 Å². The van der Waals surface area contributed by atoms with E-state index in [-0.39, 0.29) is 15.0 Å². The fourth-order valence-electron chi connectivity index (χ4n) is 1.39. The SMILES string of the molecule is NS(=O)(=O)c1ccc(S(=O)(=O)C2CC2)cc1. The normalized spacial score (nSPS) is 17.3. The maximum Gasteiger partial charge on any atom is 0.238 e. The molecule has 0 atom stereocenters. The highest BCUT2D eigenvalue weighted by Crippen LogP contribution is 2.33. The van der Waals surface area contributed by atoms with Crippen LogP contribution in [-0.2, 0) is 19.9 Å². The third-order valence-electron chi connectivity index (χ3n) is 2.44. The number of hydrogen-bond donors (Lipinski definition) is 1. The second-order valence-electron chi connectivity index (χ2n) is 3.76. The smallest absolute Gasteiger partial charge is 0.225 e. The Kier molecular flexibility index (Phi) is 2.56. The van der Waals surface area contributed by atoms with E-state index in [9.17, 15) is 16.8 Å². The molecule has 1 fully saturated rings. The lowest BCUT2D eigenvalue weighted by Crippen LogP contribution is -2.13. The van der Waals surface area contributed by atoms with E-state index in [2.05, 4.69) is 0 Å². The summed E-state index contributed by atoms with van der Waals surface area (Å²) in [5, 5.41) is 4.61. The third-order valence-corrected chi connectivity index (χ3v) is 5.65. The number of nitrogens with two attached hydrogens (primary N) is 1. The van der Waals surface area contributed by atoms with Crippen LogP contribution in [0.4, 0.5) is 0 Å². The number of hydrogen-bond acceptors (Lipinski definition) is 4. The van der Waals surface area contributed by atoms with Gasteiger partial charge in [-0.3, -0.25) is 0 Å². The van der Waals surface area contributed by atoms with Gasteiger partial charge < -0.3 is 0 Å². The summed E-state index contributed by atoms with van der Waals surface area (Å²) in [5.41, 5.74) is 0. The molecule has 0 heterocycles. The molecule has 0 spiro atoms. The Morgan fingerprint density at radius 3 is 1.75 bits per heavy atom. The molecule has 2 rings (SSSR count). The van der Waals surface area contributed by atoms with Crippen molar-refractivity contribution in [2.45, 2.75) is 27.9 Å². The minimum absolute atomic E-state index is 0.0813. The van der Waals surface area contributed by atoms with E-state index in [0.29, 0.717) is 12.8 Å². The molecule has 1 saturated carbocycles. The summed E-state index contributed by atoms with van der Waals surface area (Å²) in [7, 11) is -7.03. The lowest BCUT2D eigenvalue weighted by Gasteiger charge is -2.03. The maximum atomic E-state index is 11.8. The second kappa shape index (κ2) is 3.54. The Hall–Kier alpha value is -0.920. The summed E-state index contributed by atoms with van der Waals surface area (Å²) in [6, 6.07) is 5.00. The standard InChI is InChI=1S/C9H11NO4S2/c10-16(13,14)9-5-3-8(4-6-9)15(11,12)7-1-2-7/h3-7H,1-2H2,(H2,10,13,14). The van der Waals surface area contributed by atoms with Gasteiger partial charge in [-0.2, -0.15) is 0 Å². The predicted octanol–water partition coefficient (Wildman–Crippen LogP) is 0.270. The van der Waals surface area contributed by atoms with E-state index in [1.54, 1.807) is 0 Å². The summed E-state index contributed by atoms with van der Waals surface area (Å²) < 4.78 is 45.5. The zero-order valence-corrected chi connectivity index (χ0v) is 9.96. The fraction of sp³-hybridized carbons (Fsp3) is 0.333. The molecular weight excluding hydrogens is 250 g/mol. The van der Waals surface area contributed by atoms with Crippen LogP contribution in [0, 0.1) is 0 Å². The van der Waals surface area contributed by atoms with Gasteiger partial charge in [0.15, 0.2) is 9.84 Å². The maximum absolute atomic E-state index is 11.8. The average molecular weight is 261 g/mol. The molecule has 88 valence electrons. The van der Waals surface area contributed by atoms with Gasteiger partial charge >= 0.3 is 0 Å². The van der Waals surface area contributed by atoms with E-state index in [1.165, 1.54) is 24.3 Å². The quantitative estimate of drug-likeness (QED) is 0.845. The van der Waals surface area contributed by atoms with Gasteiger partial charge in [0.1, 0.15) is 0 Å². The largest absolute Gasteiger partial charge is 0.238 e. The molecule has 5 nitrogen and oxygen atoms in total. The van der Waals surface area contributed by atoms with Gasteiger partial charge in [-0.05, 0) is 37.1 Å². The molecule has 0 aromatic heterocycles. The molecule has 7 heteroatoms. The van der Waals surface area contributed by atoms with Crippen molar-refractivity contribution >= 4 is 19.9 Å². The lowest BCUT2D eigenvalue weighted by atomic mass is 10.4. The van der Waals surface area contributed by atoms with Gasteiger partial charge in [-0.25, -0.2) is 22.0 Å². The van der Waals surface area contributed by atoms with Gasteiger partial charge in [-0.15, -0.1) is 0 Å². The van der Waals surface area contributed by atoms with E-state index < -0.39 is 19.9 Å². The molecule has 1 aromatic carbocycles. The van der Waals surface area contributed by atoms with E-state index in [0.717, 1.165) is 0 Å². The van der Waals surface area contributed by atoms with Crippen LogP contribution in [0.3, 0.4) is 0 Å². The van der Waals surface area contributed by atoms with Gasteiger partial charge in [0.2, 0.25) is 10.0 Å². The molecule has 1 aromatic rings. The zero-order valence-electron chi connectivity index (χ0n) is 8.33. The highest BCUT2D eigenvalue weighted by atomic mass is 32.2. The van der Waals surface area contributed by atoms with Crippen LogP contribution >= 0.6 is 0 Å². The molecule has 0 radical (unpaired) electrons. The molecule has 0 aliphatic heterocycles. The molecule has 1 aliphatic carbocycles. The Labute approximate surface area is 94.2 Å². The van der Waals surface area contributed by atoms with Crippen molar-refractivity contribution in [1.29, 1.82) is 0 Å². The first kappa shape index (κ1) is 11.6. The zero-order chi connectivity index (χ0) is 12.0. The van der Waals surface area contributed by atoms with Crippen molar-refractivity contribution in [2.75, 3.05) is 0 Å². The summed E-state index contributed by atoms with van der Waals surface area (Å²) in [4.78, 5) is 0.0737. The Morgan fingerprint density at radius 1 is 0.938 bits per heavy atom. The summed E-state index contributed by atoms with van der Waals surface area (Å²) in [5.74, 6) is 0. The summed E-state index contributed by atoms with van der Waals surface area (Å²) >= 11 is 0. The summed E-state index contributed by atoms with van der Waals surface area (Å²) in [6.45, 7) is 0. The Morgan fingerprint density at radius 2 is 1.38 bits per heavy atom. The second-order valence-corrected chi connectivity index (χ2v) is 7.55. The first-order chi connectivity index (χ1) is 7.32. The first-order valence-corrected chi connectivity index (χ1v) is 7.78. The van der Waals surface area contributed by atoms with Gasteiger partial charge in [0, 0.05) is 0 Å². The van der Waals surface area contributed by atoms with E-state index in [4.69, 9.17) is 5.14 Å². The Balaban J connectivity index is 2.40. The van der Waals surface area contributed by atoms with E-state index >= 15 is 0 Å². The first-order valence-electron chi connectivity index (χ1n) is 4.68. The van der Waals surface area contributed by atoms with Gasteiger partial charge in [0.05, 0.1) is 15.0 Å². The number of rotatable bonds is 3. The highest BCUT2D eigenvalue weighted by molar-refractivity contribution is 7.92. The van der Waals surface area contributed by atoms with Crippen LogP contribution < -0.4 is 5.14 Å². The predicted molar refractivity (Wildman–Crippen MR) is 58.0 cm³/mol.